The quantitative estimate of drug-likeness (QED) is 0.847. The molecule has 0 aromatic heterocycles. The lowest BCUT2D eigenvalue weighted by atomic mass is 10.0. The highest BCUT2D eigenvalue weighted by atomic mass is 32.2. The highest BCUT2D eigenvalue weighted by molar-refractivity contribution is 7.89. The lowest BCUT2D eigenvalue weighted by molar-refractivity contribution is 0.102. The van der Waals surface area contributed by atoms with E-state index in [0.717, 1.165) is 30.5 Å². The van der Waals surface area contributed by atoms with Gasteiger partial charge in [0.25, 0.3) is 5.91 Å². The molecule has 2 aromatic carbocycles. The fraction of sp³-hybridized carbons (Fsp3) is 0.381. The molecule has 6 heteroatoms. The van der Waals surface area contributed by atoms with Gasteiger partial charge in [0.2, 0.25) is 10.0 Å². The standard InChI is InChI=1S/C21H26N2O3S/c1-3-17-8-4-5-9-20(17)22-21(24)18-10-12-19(13-11-18)27(25,26)23-14-6-7-16(2)15-23/h4-5,8-13,16H,3,6-7,14-15H2,1-2H3,(H,22,24). The van der Waals surface area contributed by atoms with E-state index in [-0.39, 0.29) is 10.8 Å². The van der Waals surface area contributed by atoms with Crippen LogP contribution in [0.25, 0.3) is 0 Å². The number of rotatable bonds is 5. The number of nitrogens with zero attached hydrogens (tertiary/aromatic N) is 1. The number of aryl methyl sites for hydroxylation is 1. The summed E-state index contributed by atoms with van der Waals surface area (Å²) in [6.07, 6.45) is 2.77. The van der Waals surface area contributed by atoms with Crippen molar-refractivity contribution in [2.24, 2.45) is 5.92 Å². The molecule has 0 radical (unpaired) electrons. The Bertz CT molecular complexity index is 907. The van der Waals surface area contributed by atoms with Crippen molar-refractivity contribution >= 4 is 21.6 Å². The zero-order valence-electron chi connectivity index (χ0n) is 15.8. The molecule has 0 spiro atoms. The van der Waals surface area contributed by atoms with Gasteiger partial charge in [-0.2, -0.15) is 4.31 Å². The summed E-state index contributed by atoms with van der Waals surface area (Å²) >= 11 is 0. The summed E-state index contributed by atoms with van der Waals surface area (Å²) in [7, 11) is -3.51. The molecule has 0 bridgehead atoms. The van der Waals surface area contributed by atoms with Crippen molar-refractivity contribution in [2.75, 3.05) is 18.4 Å². The van der Waals surface area contributed by atoms with E-state index in [9.17, 15) is 13.2 Å². The van der Waals surface area contributed by atoms with Gasteiger partial charge < -0.3 is 5.32 Å². The maximum absolute atomic E-state index is 12.8. The van der Waals surface area contributed by atoms with Gasteiger partial charge in [-0.15, -0.1) is 0 Å². The zero-order valence-corrected chi connectivity index (χ0v) is 16.6. The molecule has 1 saturated heterocycles. The van der Waals surface area contributed by atoms with Crippen molar-refractivity contribution in [3.05, 3.63) is 59.7 Å². The number of carbonyl (C=O) groups excluding carboxylic acids is 1. The van der Waals surface area contributed by atoms with E-state index in [1.807, 2.05) is 31.2 Å². The number of benzene rings is 2. The summed E-state index contributed by atoms with van der Waals surface area (Å²) < 4.78 is 27.2. The number of piperidine rings is 1. The van der Waals surface area contributed by atoms with Gasteiger partial charge in [0, 0.05) is 24.3 Å². The van der Waals surface area contributed by atoms with Crippen molar-refractivity contribution < 1.29 is 13.2 Å². The molecule has 27 heavy (non-hydrogen) atoms. The Morgan fingerprint density at radius 3 is 2.52 bits per heavy atom. The van der Waals surface area contributed by atoms with Crippen LogP contribution >= 0.6 is 0 Å². The number of carbonyl (C=O) groups is 1. The fourth-order valence-electron chi connectivity index (χ4n) is 3.44. The number of sulfonamides is 1. The third kappa shape index (κ3) is 4.39. The van der Waals surface area contributed by atoms with Gasteiger partial charge in [-0.3, -0.25) is 4.79 Å². The van der Waals surface area contributed by atoms with E-state index < -0.39 is 10.0 Å². The fourth-order valence-corrected chi connectivity index (χ4v) is 5.04. The molecule has 1 amide bonds. The van der Waals surface area contributed by atoms with Crippen LogP contribution in [0, 0.1) is 5.92 Å². The number of hydrogen-bond acceptors (Lipinski definition) is 3. The van der Waals surface area contributed by atoms with Gasteiger partial charge in [0.05, 0.1) is 4.90 Å². The van der Waals surface area contributed by atoms with Crippen LogP contribution in [0.3, 0.4) is 0 Å². The number of anilines is 1. The molecule has 3 rings (SSSR count). The van der Waals surface area contributed by atoms with Crippen LogP contribution in [0.15, 0.2) is 53.4 Å². The van der Waals surface area contributed by atoms with Gasteiger partial charge in [-0.25, -0.2) is 8.42 Å². The summed E-state index contributed by atoms with van der Waals surface area (Å²) in [6.45, 7) is 5.22. The number of nitrogens with one attached hydrogen (secondary N) is 1. The second kappa shape index (κ2) is 8.23. The van der Waals surface area contributed by atoms with E-state index in [1.165, 1.54) is 12.1 Å². The van der Waals surface area contributed by atoms with Gasteiger partial charge in [-0.1, -0.05) is 32.0 Å². The number of hydrogen-bond donors (Lipinski definition) is 1. The lowest BCUT2D eigenvalue weighted by Crippen LogP contribution is -2.39. The molecule has 5 nitrogen and oxygen atoms in total. The molecule has 1 fully saturated rings. The molecular weight excluding hydrogens is 360 g/mol. The van der Waals surface area contributed by atoms with Crippen molar-refractivity contribution in [1.29, 1.82) is 0 Å². The lowest BCUT2D eigenvalue weighted by Gasteiger charge is -2.30. The summed E-state index contributed by atoms with van der Waals surface area (Å²) in [5.41, 5.74) is 2.28. The molecular formula is C21H26N2O3S. The van der Waals surface area contributed by atoms with Crippen LogP contribution in [0.4, 0.5) is 5.69 Å². The molecule has 1 aliphatic heterocycles. The van der Waals surface area contributed by atoms with Crippen LogP contribution in [0.5, 0.6) is 0 Å². The molecule has 1 unspecified atom stereocenters. The molecule has 2 aromatic rings. The van der Waals surface area contributed by atoms with Crippen molar-refractivity contribution in [1.82, 2.24) is 4.31 Å². The first-order chi connectivity index (χ1) is 12.9. The third-order valence-electron chi connectivity index (χ3n) is 5.02. The Balaban J connectivity index is 1.75. The van der Waals surface area contributed by atoms with Crippen LogP contribution in [-0.2, 0) is 16.4 Å². The highest BCUT2D eigenvalue weighted by Gasteiger charge is 2.28. The SMILES string of the molecule is CCc1ccccc1NC(=O)c1ccc(S(=O)(=O)N2CCCC(C)C2)cc1. The second-order valence-corrected chi connectivity index (χ2v) is 9.04. The molecule has 1 aliphatic rings. The maximum atomic E-state index is 12.8. The number of amides is 1. The van der Waals surface area contributed by atoms with Crippen LogP contribution in [-0.4, -0.2) is 31.7 Å². The largest absolute Gasteiger partial charge is 0.322 e. The Morgan fingerprint density at radius 1 is 1.15 bits per heavy atom. The minimum atomic E-state index is -3.51. The molecule has 1 heterocycles. The average molecular weight is 387 g/mol. The maximum Gasteiger partial charge on any atom is 0.255 e. The van der Waals surface area contributed by atoms with Crippen molar-refractivity contribution in [3.8, 4) is 0 Å². The van der Waals surface area contributed by atoms with Gasteiger partial charge in [0.1, 0.15) is 0 Å². The highest BCUT2D eigenvalue weighted by Crippen LogP contribution is 2.24. The Morgan fingerprint density at radius 2 is 1.85 bits per heavy atom. The van der Waals surface area contributed by atoms with Gasteiger partial charge in [0.15, 0.2) is 0 Å². The molecule has 1 N–H and O–H groups in total. The van der Waals surface area contributed by atoms with E-state index >= 15 is 0 Å². The zero-order chi connectivity index (χ0) is 19.4. The van der Waals surface area contributed by atoms with Crippen molar-refractivity contribution in [3.63, 3.8) is 0 Å². The minimum Gasteiger partial charge on any atom is -0.322 e. The van der Waals surface area contributed by atoms with E-state index in [1.54, 1.807) is 16.4 Å². The molecule has 1 atom stereocenters. The van der Waals surface area contributed by atoms with Crippen LogP contribution < -0.4 is 5.32 Å². The van der Waals surface area contributed by atoms with Gasteiger partial charge >= 0.3 is 0 Å². The van der Waals surface area contributed by atoms with Crippen LogP contribution in [0.2, 0.25) is 0 Å². The van der Waals surface area contributed by atoms with Crippen LogP contribution in [0.1, 0.15) is 42.6 Å². The predicted molar refractivity (Wildman–Crippen MR) is 107 cm³/mol. The smallest absolute Gasteiger partial charge is 0.255 e. The first-order valence-corrected chi connectivity index (χ1v) is 10.8. The molecule has 0 aliphatic carbocycles. The summed E-state index contributed by atoms with van der Waals surface area (Å²) in [5, 5.41) is 2.91. The van der Waals surface area contributed by atoms with E-state index in [4.69, 9.17) is 0 Å². The Hall–Kier alpha value is -2.18. The van der Waals surface area contributed by atoms with Gasteiger partial charge in [-0.05, 0) is 61.1 Å². The Labute approximate surface area is 161 Å². The van der Waals surface area contributed by atoms with Crippen molar-refractivity contribution in [2.45, 2.75) is 38.0 Å². The summed E-state index contributed by atoms with van der Waals surface area (Å²) in [4.78, 5) is 12.8. The van der Waals surface area contributed by atoms with E-state index in [2.05, 4.69) is 12.2 Å². The first-order valence-electron chi connectivity index (χ1n) is 9.41. The average Bonchev–Trinajstić information content (AvgIpc) is 2.68. The van der Waals surface area contributed by atoms with E-state index in [0.29, 0.717) is 24.6 Å². The third-order valence-corrected chi connectivity index (χ3v) is 6.90. The minimum absolute atomic E-state index is 0.238. The predicted octanol–water partition coefficient (Wildman–Crippen LogP) is 3.92. The second-order valence-electron chi connectivity index (χ2n) is 7.10. The number of para-hydroxylation sites is 1. The Kier molecular flexibility index (Phi) is 5.97. The monoisotopic (exact) mass is 386 g/mol. The topological polar surface area (TPSA) is 66.5 Å². The first kappa shape index (κ1) is 19.6. The normalized spacial score (nSPS) is 18.2. The molecule has 144 valence electrons. The summed E-state index contributed by atoms with van der Waals surface area (Å²) in [5.74, 6) is 0.128. The molecule has 0 saturated carbocycles. The summed E-state index contributed by atoms with van der Waals surface area (Å²) in [6, 6.07) is 13.9.